The van der Waals surface area contributed by atoms with Crippen LogP contribution in [0.4, 0.5) is 0 Å². The van der Waals surface area contributed by atoms with Crippen molar-refractivity contribution in [3.05, 3.63) is 53.1 Å². The first-order valence-electron chi connectivity index (χ1n) is 5.95. The van der Waals surface area contributed by atoms with E-state index in [9.17, 15) is 0 Å². The van der Waals surface area contributed by atoms with Crippen molar-refractivity contribution in [2.45, 2.75) is 34.1 Å². The maximum Gasteiger partial charge on any atom is -0.00527 e. The van der Waals surface area contributed by atoms with Crippen LogP contribution in [-0.2, 0) is 0 Å². The largest absolute Gasteiger partial charge is 0.0620 e. The molecule has 1 aromatic rings. The Labute approximate surface area is 98.7 Å². The fraction of sp³-hybridized carbons (Fsp3) is 0.375. The van der Waals surface area contributed by atoms with Crippen molar-refractivity contribution in [3.8, 4) is 0 Å². The summed E-state index contributed by atoms with van der Waals surface area (Å²) in [5.41, 5.74) is 6.06. The van der Waals surface area contributed by atoms with Gasteiger partial charge in [-0.3, -0.25) is 0 Å². The van der Waals surface area contributed by atoms with Gasteiger partial charge in [-0.2, -0.15) is 0 Å². The second kappa shape index (κ2) is 3.93. The molecule has 0 amide bonds. The van der Waals surface area contributed by atoms with E-state index in [-0.39, 0.29) is 0 Å². The van der Waals surface area contributed by atoms with Crippen molar-refractivity contribution in [2.75, 3.05) is 0 Å². The molecule has 84 valence electrons. The topological polar surface area (TPSA) is 0 Å². The molecule has 0 spiro atoms. The Bertz CT molecular complexity index is 453. The zero-order chi connectivity index (χ0) is 11.8. The van der Waals surface area contributed by atoms with Crippen LogP contribution in [0.25, 0.3) is 5.57 Å². The van der Waals surface area contributed by atoms with Crippen molar-refractivity contribution in [3.63, 3.8) is 0 Å². The fourth-order valence-corrected chi connectivity index (χ4v) is 2.16. The predicted octanol–water partition coefficient (Wildman–Crippen LogP) is 4.75. The van der Waals surface area contributed by atoms with Crippen LogP contribution in [0.15, 0.2) is 42.0 Å². The highest BCUT2D eigenvalue weighted by Crippen LogP contribution is 2.38. The molecule has 2 rings (SSSR count). The van der Waals surface area contributed by atoms with Gasteiger partial charge in [0.25, 0.3) is 0 Å². The molecular formula is C16H20. The number of aryl methyl sites for hydroxylation is 1. The quantitative estimate of drug-likeness (QED) is 0.630. The zero-order valence-electron chi connectivity index (χ0n) is 10.7. The summed E-state index contributed by atoms with van der Waals surface area (Å²) < 4.78 is 0. The third kappa shape index (κ3) is 2.11. The van der Waals surface area contributed by atoms with Gasteiger partial charge in [0.1, 0.15) is 0 Å². The van der Waals surface area contributed by atoms with E-state index in [0.717, 1.165) is 6.42 Å². The summed E-state index contributed by atoms with van der Waals surface area (Å²) in [7, 11) is 0. The molecule has 1 aliphatic rings. The Morgan fingerprint density at radius 2 is 1.69 bits per heavy atom. The van der Waals surface area contributed by atoms with E-state index in [0.29, 0.717) is 5.41 Å². The van der Waals surface area contributed by atoms with Gasteiger partial charge in [0.05, 0.1) is 0 Å². The average molecular weight is 212 g/mol. The van der Waals surface area contributed by atoms with Gasteiger partial charge in [-0.1, -0.05) is 62.8 Å². The lowest BCUT2D eigenvalue weighted by atomic mass is 9.84. The van der Waals surface area contributed by atoms with E-state index in [4.69, 9.17) is 0 Å². The van der Waals surface area contributed by atoms with Crippen LogP contribution in [0.5, 0.6) is 0 Å². The SMILES string of the molecule is Cc1ccccc1C1=CC=C(C(C)(C)C)C1. The lowest BCUT2D eigenvalue weighted by molar-refractivity contribution is 0.497. The lowest BCUT2D eigenvalue weighted by Crippen LogP contribution is -2.07. The smallest absolute Gasteiger partial charge is 0.00527 e. The molecule has 0 saturated carbocycles. The van der Waals surface area contributed by atoms with Crippen LogP contribution in [-0.4, -0.2) is 0 Å². The molecule has 0 heterocycles. The highest BCUT2D eigenvalue weighted by atomic mass is 14.3. The van der Waals surface area contributed by atoms with Gasteiger partial charge in [0.15, 0.2) is 0 Å². The van der Waals surface area contributed by atoms with Crippen LogP contribution in [0.3, 0.4) is 0 Å². The summed E-state index contributed by atoms with van der Waals surface area (Å²) in [6, 6.07) is 8.64. The number of hydrogen-bond acceptors (Lipinski definition) is 0. The van der Waals surface area contributed by atoms with Crippen LogP contribution >= 0.6 is 0 Å². The van der Waals surface area contributed by atoms with E-state index < -0.39 is 0 Å². The minimum Gasteiger partial charge on any atom is -0.0620 e. The van der Waals surface area contributed by atoms with Gasteiger partial charge >= 0.3 is 0 Å². The molecule has 0 heteroatoms. The van der Waals surface area contributed by atoms with E-state index >= 15 is 0 Å². The Morgan fingerprint density at radius 3 is 2.25 bits per heavy atom. The Kier molecular flexibility index (Phi) is 2.75. The highest BCUT2D eigenvalue weighted by molar-refractivity contribution is 5.74. The molecule has 0 N–H and O–H groups in total. The molecular weight excluding hydrogens is 192 g/mol. The minimum absolute atomic E-state index is 0.293. The predicted molar refractivity (Wildman–Crippen MR) is 71.3 cm³/mol. The highest BCUT2D eigenvalue weighted by Gasteiger charge is 2.21. The first-order chi connectivity index (χ1) is 7.48. The molecule has 0 saturated heterocycles. The molecule has 0 radical (unpaired) electrons. The molecule has 0 aromatic heterocycles. The first-order valence-corrected chi connectivity index (χ1v) is 5.95. The van der Waals surface area contributed by atoms with Crippen molar-refractivity contribution >= 4 is 5.57 Å². The van der Waals surface area contributed by atoms with Gasteiger partial charge in [-0.25, -0.2) is 0 Å². The summed E-state index contributed by atoms with van der Waals surface area (Å²) in [5.74, 6) is 0. The van der Waals surface area contributed by atoms with Crippen molar-refractivity contribution in [1.29, 1.82) is 0 Å². The first kappa shape index (κ1) is 11.2. The fourth-order valence-electron chi connectivity index (χ4n) is 2.16. The molecule has 0 unspecified atom stereocenters. The molecule has 0 atom stereocenters. The van der Waals surface area contributed by atoms with Crippen LogP contribution in [0.2, 0.25) is 0 Å². The summed E-state index contributed by atoms with van der Waals surface area (Å²) in [4.78, 5) is 0. The monoisotopic (exact) mass is 212 g/mol. The van der Waals surface area contributed by atoms with E-state index in [2.05, 4.69) is 64.1 Å². The van der Waals surface area contributed by atoms with Crippen molar-refractivity contribution in [1.82, 2.24) is 0 Å². The number of rotatable bonds is 1. The van der Waals surface area contributed by atoms with Crippen LogP contribution < -0.4 is 0 Å². The molecule has 1 aliphatic carbocycles. The molecule has 0 nitrogen and oxygen atoms in total. The summed E-state index contributed by atoms with van der Waals surface area (Å²) >= 11 is 0. The second-order valence-corrected chi connectivity index (χ2v) is 5.63. The van der Waals surface area contributed by atoms with Gasteiger partial charge < -0.3 is 0 Å². The normalized spacial score (nSPS) is 16.0. The molecule has 0 aliphatic heterocycles. The zero-order valence-corrected chi connectivity index (χ0v) is 10.7. The summed E-state index contributed by atoms with van der Waals surface area (Å²) in [6.07, 6.45) is 5.68. The Balaban J connectivity index is 2.22. The van der Waals surface area contributed by atoms with Gasteiger partial charge in [0.2, 0.25) is 0 Å². The van der Waals surface area contributed by atoms with Gasteiger partial charge in [-0.05, 0) is 35.5 Å². The molecule has 0 fully saturated rings. The second-order valence-electron chi connectivity index (χ2n) is 5.63. The minimum atomic E-state index is 0.293. The van der Waals surface area contributed by atoms with Crippen LogP contribution in [0, 0.1) is 12.3 Å². The van der Waals surface area contributed by atoms with E-state index in [1.54, 1.807) is 0 Å². The van der Waals surface area contributed by atoms with E-state index in [1.807, 2.05) is 0 Å². The maximum absolute atomic E-state index is 2.29. The Morgan fingerprint density at radius 1 is 1.00 bits per heavy atom. The lowest BCUT2D eigenvalue weighted by Gasteiger charge is -2.21. The summed E-state index contributed by atoms with van der Waals surface area (Å²) in [5, 5.41) is 0. The average Bonchev–Trinajstić information content (AvgIpc) is 2.66. The van der Waals surface area contributed by atoms with Crippen molar-refractivity contribution < 1.29 is 0 Å². The molecule has 0 bridgehead atoms. The van der Waals surface area contributed by atoms with Crippen molar-refractivity contribution in [2.24, 2.45) is 5.41 Å². The standard InChI is InChI=1S/C16H20/c1-12-7-5-6-8-15(12)13-9-10-14(11-13)16(2,3)4/h5-10H,11H2,1-4H3. The molecule has 16 heavy (non-hydrogen) atoms. The van der Waals surface area contributed by atoms with Gasteiger partial charge in [-0.15, -0.1) is 0 Å². The third-order valence-corrected chi connectivity index (χ3v) is 3.32. The van der Waals surface area contributed by atoms with Crippen LogP contribution in [0.1, 0.15) is 38.3 Å². The number of benzene rings is 1. The van der Waals surface area contributed by atoms with Gasteiger partial charge in [0, 0.05) is 0 Å². The number of hydrogen-bond donors (Lipinski definition) is 0. The number of allylic oxidation sites excluding steroid dienone is 4. The maximum atomic E-state index is 2.29. The van der Waals surface area contributed by atoms with E-state index in [1.165, 1.54) is 22.3 Å². The Hall–Kier alpha value is -1.30. The molecule has 1 aromatic carbocycles. The third-order valence-electron chi connectivity index (χ3n) is 3.32. The summed E-state index contributed by atoms with van der Waals surface area (Å²) in [6.45, 7) is 9.04.